The summed E-state index contributed by atoms with van der Waals surface area (Å²) in [7, 11) is 4.57. The van der Waals surface area contributed by atoms with Crippen LogP contribution in [0.3, 0.4) is 0 Å². The van der Waals surface area contributed by atoms with Crippen molar-refractivity contribution in [2.75, 3.05) is 32.0 Å². The summed E-state index contributed by atoms with van der Waals surface area (Å²) >= 11 is 0. The fraction of sp³-hybridized carbons (Fsp3) is 0.261. The van der Waals surface area contributed by atoms with Gasteiger partial charge in [0.05, 0.1) is 26.9 Å². The van der Waals surface area contributed by atoms with Crippen molar-refractivity contribution in [3.8, 4) is 17.2 Å². The summed E-state index contributed by atoms with van der Waals surface area (Å²) < 4.78 is 31.6. The molecule has 4 rings (SSSR count). The largest absolute Gasteiger partial charge is 0.493 e. The van der Waals surface area contributed by atoms with Gasteiger partial charge in [-0.3, -0.25) is 4.79 Å². The van der Waals surface area contributed by atoms with Crippen LogP contribution in [-0.4, -0.2) is 42.0 Å². The lowest BCUT2D eigenvalue weighted by Gasteiger charge is -2.29. The molecule has 2 aromatic carbocycles. The highest BCUT2D eigenvalue weighted by Gasteiger charge is 2.35. The van der Waals surface area contributed by atoms with Gasteiger partial charge in [-0.25, -0.2) is 9.07 Å². The van der Waals surface area contributed by atoms with E-state index in [1.165, 1.54) is 45.9 Å². The monoisotopic (exact) mass is 453 g/mol. The van der Waals surface area contributed by atoms with E-state index < -0.39 is 6.04 Å². The van der Waals surface area contributed by atoms with E-state index in [2.05, 4.69) is 20.7 Å². The Morgan fingerprint density at radius 3 is 2.39 bits per heavy atom. The van der Waals surface area contributed by atoms with Gasteiger partial charge in [0, 0.05) is 11.4 Å². The number of rotatable bonds is 6. The minimum absolute atomic E-state index is 0.366. The van der Waals surface area contributed by atoms with Gasteiger partial charge in [0.2, 0.25) is 11.7 Å². The molecular formula is C23H24FN5O4. The average Bonchev–Trinajstić information content (AvgIpc) is 3.26. The molecule has 1 aliphatic rings. The van der Waals surface area contributed by atoms with E-state index in [-0.39, 0.29) is 11.7 Å². The van der Waals surface area contributed by atoms with Crippen molar-refractivity contribution in [2.45, 2.75) is 19.9 Å². The summed E-state index contributed by atoms with van der Waals surface area (Å²) in [5.41, 5.74) is 2.81. The number of anilines is 2. The van der Waals surface area contributed by atoms with E-state index in [0.29, 0.717) is 51.3 Å². The minimum atomic E-state index is -0.641. The number of aryl methyl sites for hydroxylation is 1. The standard InChI is InChI=1S/C23H24FN5O4/c1-12-8-15(24)6-7-16(12)28-22(30)19-13(2)27-23-25-11-26-29(23)20(19)14-9-17(31-3)21(33-5)18(10-14)32-4/h6-11,20H,1-5H3,(H,28,30)(H,25,26,27)/t20-/m1/s1. The van der Waals surface area contributed by atoms with E-state index in [0.717, 1.165) is 0 Å². The van der Waals surface area contributed by atoms with E-state index in [1.807, 2.05) is 0 Å². The fourth-order valence-corrected chi connectivity index (χ4v) is 3.91. The number of nitrogens with one attached hydrogen (secondary N) is 2. The Morgan fingerprint density at radius 1 is 1.09 bits per heavy atom. The Morgan fingerprint density at radius 2 is 1.79 bits per heavy atom. The molecule has 10 heteroatoms. The highest BCUT2D eigenvalue weighted by Crippen LogP contribution is 2.43. The van der Waals surface area contributed by atoms with Crippen molar-refractivity contribution in [2.24, 2.45) is 0 Å². The lowest BCUT2D eigenvalue weighted by atomic mass is 9.94. The summed E-state index contributed by atoms with van der Waals surface area (Å²) in [4.78, 5) is 17.8. The van der Waals surface area contributed by atoms with Crippen LogP contribution in [0.5, 0.6) is 17.2 Å². The number of hydrogen-bond acceptors (Lipinski definition) is 7. The number of carbonyl (C=O) groups excluding carboxylic acids is 1. The second-order valence-electron chi connectivity index (χ2n) is 7.47. The third-order valence-electron chi connectivity index (χ3n) is 5.48. The lowest BCUT2D eigenvalue weighted by molar-refractivity contribution is -0.113. The molecule has 1 atom stereocenters. The van der Waals surface area contributed by atoms with E-state index in [9.17, 15) is 9.18 Å². The second-order valence-corrected chi connectivity index (χ2v) is 7.47. The molecule has 172 valence electrons. The maximum atomic E-state index is 13.5. The van der Waals surface area contributed by atoms with E-state index in [1.54, 1.807) is 30.7 Å². The molecule has 3 aromatic rings. The summed E-state index contributed by atoms with van der Waals surface area (Å²) in [6.07, 6.45) is 1.41. The van der Waals surface area contributed by atoms with Crippen molar-refractivity contribution in [3.05, 3.63) is 64.9 Å². The molecule has 0 spiro atoms. The van der Waals surface area contributed by atoms with Gasteiger partial charge in [-0.1, -0.05) is 0 Å². The van der Waals surface area contributed by atoms with Crippen molar-refractivity contribution in [1.29, 1.82) is 0 Å². The highest BCUT2D eigenvalue weighted by molar-refractivity contribution is 6.06. The van der Waals surface area contributed by atoms with Crippen LogP contribution in [-0.2, 0) is 4.79 Å². The van der Waals surface area contributed by atoms with Crippen LogP contribution in [0, 0.1) is 12.7 Å². The van der Waals surface area contributed by atoms with E-state index in [4.69, 9.17) is 14.2 Å². The molecule has 0 unspecified atom stereocenters. The molecule has 0 radical (unpaired) electrons. The summed E-state index contributed by atoms with van der Waals surface area (Å²) in [5, 5.41) is 10.3. The molecule has 0 aliphatic carbocycles. The lowest BCUT2D eigenvalue weighted by Crippen LogP contribution is -2.31. The molecule has 0 fully saturated rings. The quantitative estimate of drug-likeness (QED) is 0.587. The Bertz CT molecular complexity index is 1230. The third kappa shape index (κ3) is 3.95. The molecule has 0 saturated carbocycles. The second kappa shape index (κ2) is 8.81. The number of hydrogen-bond donors (Lipinski definition) is 2. The van der Waals surface area contributed by atoms with Gasteiger partial charge < -0.3 is 24.8 Å². The smallest absolute Gasteiger partial charge is 0.255 e. The topological polar surface area (TPSA) is 99.5 Å². The molecule has 1 aliphatic heterocycles. The van der Waals surface area contributed by atoms with Crippen LogP contribution < -0.4 is 24.8 Å². The van der Waals surface area contributed by atoms with Gasteiger partial charge in [-0.05, 0) is 55.3 Å². The first-order valence-corrected chi connectivity index (χ1v) is 10.1. The summed E-state index contributed by atoms with van der Waals surface area (Å²) in [6.45, 7) is 3.51. The van der Waals surface area contributed by atoms with Gasteiger partial charge in [-0.15, -0.1) is 0 Å². The molecule has 2 heterocycles. The molecular weight excluding hydrogens is 429 g/mol. The maximum absolute atomic E-state index is 13.5. The van der Waals surface area contributed by atoms with E-state index >= 15 is 0 Å². The first-order chi connectivity index (χ1) is 15.9. The zero-order valence-corrected chi connectivity index (χ0v) is 18.9. The van der Waals surface area contributed by atoms with Gasteiger partial charge in [0.25, 0.3) is 5.91 Å². The fourth-order valence-electron chi connectivity index (χ4n) is 3.91. The molecule has 33 heavy (non-hydrogen) atoms. The maximum Gasteiger partial charge on any atom is 0.255 e. The number of benzene rings is 2. The Kier molecular flexibility index (Phi) is 5.91. The number of halogens is 1. The first-order valence-electron chi connectivity index (χ1n) is 10.1. The summed E-state index contributed by atoms with van der Waals surface area (Å²) in [6, 6.07) is 7.10. The molecule has 2 N–H and O–H groups in total. The molecule has 1 amide bonds. The average molecular weight is 453 g/mol. The minimum Gasteiger partial charge on any atom is -0.493 e. The van der Waals surface area contributed by atoms with Gasteiger partial charge >= 0.3 is 0 Å². The van der Waals surface area contributed by atoms with Crippen LogP contribution in [0.25, 0.3) is 0 Å². The van der Waals surface area contributed by atoms with Gasteiger partial charge in [0.15, 0.2) is 11.5 Å². The molecule has 1 aromatic heterocycles. The predicted octanol–water partition coefficient (Wildman–Crippen LogP) is 3.68. The summed E-state index contributed by atoms with van der Waals surface area (Å²) in [5.74, 6) is 1.07. The normalized spacial score (nSPS) is 14.9. The van der Waals surface area contributed by atoms with Crippen molar-refractivity contribution >= 4 is 17.5 Å². The van der Waals surface area contributed by atoms with Crippen LogP contribution in [0.4, 0.5) is 16.0 Å². The van der Waals surface area contributed by atoms with Gasteiger partial charge in [-0.2, -0.15) is 10.1 Å². The van der Waals surface area contributed by atoms with Crippen LogP contribution in [0.1, 0.15) is 24.1 Å². The van der Waals surface area contributed by atoms with Crippen LogP contribution in [0.15, 0.2) is 47.9 Å². The van der Waals surface area contributed by atoms with Crippen molar-refractivity contribution in [3.63, 3.8) is 0 Å². The van der Waals surface area contributed by atoms with Crippen molar-refractivity contribution < 1.29 is 23.4 Å². The van der Waals surface area contributed by atoms with Crippen LogP contribution in [0.2, 0.25) is 0 Å². The van der Waals surface area contributed by atoms with Gasteiger partial charge in [0.1, 0.15) is 18.2 Å². The third-order valence-corrected chi connectivity index (χ3v) is 5.48. The van der Waals surface area contributed by atoms with Crippen LogP contribution >= 0.6 is 0 Å². The number of amides is 1. The van der Waals surface area contributed by atoms with Crippen molar-refractivity contribution in [1.82, 2.24) is 14.8 Å². The molecule has 0 saturated heterocycles. The number of ether oxygens (including phenoxy) is 3. The Hall–Kier alpha value is -4.08. The SMILES string of the molecule is COc1cc([C@@H]2C(C(=O)Nc3ccc(F)cc3C)=C(C)Nc3ncnn32)cc(OC)c1OC. The zero-order valence-electron chi connectivity index (χ0n) is 18.9. The number of methoxy groups -OCH3 is 3. The number of nitrogens with zero attached hydrogens (tertiary/aromatic N) is 3. The number of aromatic nitrogens is 3. The Balaban J connectivity index is 1.83. The number of fused-ring (bicyclic) bond motifs is 1. The Labute approximate surface area is 190 Å². The predicted molar refractivity (Wildman–Crippen MR) is 120 cm³/mol. The zero-order chi connectivity index (χ0) is 23.7. The molecule has 9 nitrogen and oxygen atoms in total. The highest BCUT2D eigenvalue weighted by atomic mass is 19.1. The first kappa shape index (κ1) is 22.1. The molecule has 0 bridgehead atoms. The number of allylic oxidation sites excluding steroid dienone is 1. The number of carbonyl (C=O) groups is 1.